The highest BCUT2D eigenvalue weighted by atomic mass is 15.3. The normalized spacial score (nSPS) is 26.8. The zero-order valence-electron chi connectivity index (χ0n) is 11.8. The second-order valence-electron chi connectivity index (χ2n) is 5.80. The van der Waals surface area contributed by atoms with E-state index in [1.165, 1.54) is 25.7 Å². The number of aryl methyl sites for hydroxylation is 1. The van der Waals surface area contributed by atoms with E-state index in [4.69, 9.17) is 0 Å². The molecule has 0 amide bonds. The summed E-state index contributed by atoms with van der Waals surface area (Å²) in [5.74, 6) is 1.91. The standard InChI is InChI=1S/C14H20N6/c1-10-17-18-14-13(16-7-9-19(10)14)20-8-3-5-12(20)11-4-2-6-15-11/h7,9,11-12,15H,2-6,8H2,1H3. The fourth-order valence-electron chi connectivity index (χ4n) is 3.64. The highest BCUT2D eigenvalue weighted by molar-refractivity contribution is 5.64. The quantitative estimate of drug-likeness (QED) is 0.889. The van der Waals surface area contributed by atoms with Gasteiger partial charge in [0.15, 0.2) is 5.82 Å². The smallest absolute Gasteiger partial charge is 0.203 e. The van der Waals surface area contributed by atoms with Gasteiger partial charge in [-0.25, -0.2) is 4.98 Å². The van der Waals surface area contributed by atoms with Crippen LogP contribution in [0.3, 0.4) is 0 Å². The summed E-state index contributed by atoms with van der Waals surface area (Å²) >= 11 is 0. The lowest BCUT2D eigenvalue weighted by molar-refractivity contribution is 0.481. The van der Waals surface area contributed by atoms with Crippen LogP contribution >= 0.6 is 0 Å². The molecular formula is C14H20N6. The average Bonchev–Trinajstić information content (AvgIpc) is 3.18. The Morgan fingerprint density at radius 2 is 2.20 bits per heavy atom. The van der Waals surface area contributed by atoms with Crippen LogP contribution in [0.5, 0.6) is 0 Å². The van der Waals surface area contributed by atoms with Crippen molar-refractivity contribution in [3.8, 4) is 0 Å². The van der Waals surface area contributed by atoms with Gasteiger partial charge in [-0.05, 0) is 39.2 Å². The monoisotopic (exact) mass is 272 g/mol. The Labute approximate surface area is 118 Å². The van der Waals surface area contributed by atoms with Crippen LogP contribution in [0.2, 0.25) is 0 Å². The van der Waals surface area contributed by atoms with Crippen molar-refractivity contribution >= 4 is 11.5 Å². The number of aromatic nitrogens is 4. The molecule has 0 aromatic carbocycles. The molecule has 20 heavy (non-hydrogen) atoms. The van der Waals surface area contributed by atoms with E-state index in [-0.39, 0.29) is 0 Å². The Balaban J connectivity index is 1.74. The van der Waals surface area contributed by atoms with Crippen LogP contribution in [0.1, 0.15) is 31.5 Å². The van der Waals surface area contributed by atoms with E-state index in [1.807, 2.05) is 23.7 Å². The molecule has 1 N–H and O–H groups in total. The largest absolute Gasteiger partial charge is 0.349 e. The van der Waals surface area contributed by atoms with Gasteiger partial charge in [-0.15, -0.1) is 10.2 Å². The van der Waals surface area contributed by atoms with Crippen LogP contribution in [0.25, 0.3) is 5.65 Å². The van der Waals surface area contributed by atoms with E-state index in [0.717, 1.165) is 30.4 Å². The molecule has 0 spiro atoms. The highest BCUT2D eigenvalue weighted by Crippen LogP contribution is 2.30. The molecule has 2 atom stereocenters. The molecule has 0 saturated carbocycles. The predicted molar refractivity (Wildman–Crippen MR) is 76.9 cm³/mol. The molecule has 2 aromatic rings. The van der Waals surface area contributed by atoms with Crippen LogP contribution < -0.4 is 10.2 Å². The van der Waals surface area contributed by atoms with Crippen molar-refractivity contribution in [1.82, 2.24) is 24.9 Å². The molecule has 0 bridgehead atoms. The first-order valence-electron chi connectivity index (χ1n) is 7.51. The number of nitrogens with one attached hydrogen (secondary N) is 1. The third-order valence-corrected chi connectivity index (χ3v) is 4.61. The molecule has 4 rings (SSSR count). The van der Waals surface area contributed by atoms with Crippen LogP contribution in [0.4, 0.5) is 5.82 Å². The minimum absolute atomic E-state index is 0.549. The lowest BCUT2D eigenvalue weighted by atomic mass is 10.0. The summed E-state index contributed by atoms with van der Waals surface area (Å²) in [6, 6.07) is 1.15. The van der Waals surface area contributed by atoms with E-state index < -0.39 is 0 Å². The number of anilines is 1. The summed E-state index contributed by atoms with van der Waals surface area (Å²) in [4.78, 5) is 7.04. The van der Waals surface area contributed by atoms with Gasteiger partial charge < -0.3 is 10.2 Å². The Morgan fingerprint density at radius 1 is 1.25 bits per heavy atom. The van der Waals surface area contributed by atoms with Gasteiger partial charge in [-0.2, -0.15) is 0 Å². The third-order valence-electron chi connectivity index (χ3n) is 4.61. The Bertz CT molecular complexity index is 615. The summed E-state index contributed by atoms with van der Waals surface area (Å²) in [6.45, 7) is 4.20. The molecule has 0 aliphatic carbocycles. The number of fused-ring (bicyclic) bond motifs is 1. The van der Waals surface area contributed by atoms with Gasteiger partial charge in [0.1, 0.15) is 5.82 Å². The first-order chi connectivity index (χ1) is 9.84. The molecule has 2 aliphatic heterocycles. The zero-order chi connectivity index (χ0) is 13.5. The predicted octanol–water partition coefficient (Wildman–Crippen LogP) is 1.15. The van der Waals surface area contributed by atoms with E-state index in [1.54, 1.807) is 0 Å². The van der Waals surface area contributed by atoms with Gasteiger partial charge in [0.25, 0.3) is 0 Å². The van der Waals surface area contributed by atoms with Gasteiger partial charge >= 0.3 is 0 Å². The average molecular weight is 272 g/mol. The molecular weight excluding hydrogens is 252 g/mol. The maximum Gasteiger partial charge on any atom is 0.203 e. The molecule has 2 aromatic heterocycles. The molecule has 4 heterocycles. The molecule has 6 heteroatoms. The highest BCUT2D eigenvalue weighted by Gasteiger charge is 2.35. The topological polar surface area (TPSA) is 58.4 Å². The number of hydrogen-bond acceptors (Lipinski definition) is 5. The first-order valence-corrected chi connectivity index (χ1v) is 7.51. The first kappa shape index (κ1) is 12.1. The van der Waals surface area contributed by atoms with Crippen LogP contribution in [0.15, 0.2) is 12.4 Å². The maximum absolute atomic E-state index is 4.60. The molecule has 2 saturated heterocycles. The fourth-order valence-corrected chi connectivity index (χ4v) is 3.64. The van der Waals surface area contributed by atoms with Crippen LogP contribution in [0, 0.1) is 6.92 Å². The lowest BCUT2D eigenvalue weighted by Gasteiger charge is -2.30. The Hall–Kier alpha value is -1.69. The summed E-state index contributed by atoms with van der Waals surface area (Å²) in [7, 11) is 0. The van der Waals surface area contributed by atoms with Crippen molar-refractivity contribution in [3.05, 3.63) is 18.2 Å². The molecule has 0 radical (unpaired) electrons. The number of rotatable bonds is 2. The van der Waals surface area contributed by atoms with Crippen molar-refractivity contribution < 1.29 is 0 Å². The summed E-state index contributed by atoms with van der Waals surface area (Å²) in [5.41, 5.74) is 0.884. The van der Waals surface area contributed by atoms with Crippen LogP contribution in [-0.2, 0) is 0 Å². The van der Waals surface area contributed by atoms with Crippen molar-refractivity contribution in [3.63, 3.8) is 0 Å². The van der Waals surface area contributed by atoms with Gasteiger partial charge in [0.05, 0.1) is 0 Å². The molecule has 2 fully saturated rings. The van der Waals surface area contributed by atoms with Crippen LogP contribution in [-0.4, -0.2) is 44.8 Å². The maximum atomic E-state index is 4.60. The Kier molecular flexibility index (Phi) is 2.84. The summed E-state index contributed by atoms with van der Waals surface area (Å²) in [5, 5.41) is 12.1. The van der Waals surface area contributed by atoms with Gasteiger partial charge in [0.2, 0.25) is 5.65 Å². The minimum atomic E-state index is 0.549. The second-order valence-corrected chi connectivity index (χ2v) is 5.80. The van der Waals surface area contributed by atoms with E-state index in [2.05, 4.69) is 25.4 Å². The SMILES string of the molecule is Cc1nnc2c(N3CCCC3C3CCCN3)nccn12. The van der Waals surface area contributed by atoms with Crippen molar-refractivity contribution in [2.24, 2.45) is 0 Å². The summed E-state index contributed by atoms with van der Waals surface area (Å²) in [6.07, 6.45) is 8.84. The van der Waals surface area contributed by atoms with E-state index in [9.17, 15) is 0 Å². The van der Waals surface area contributed by atoms with Crippen molar-refractivity contribution in [1.29, 1.82) is 0 Å². The van der Waals surface area contributed by atoms with Gasteiger partial charge in [-0.1, -0.05) is 0 Å². The lowest BCUT2D eigenvalue weighted by Crippen LogP contribution is -2.44. The fraction of sp³-hybridized carbons (Fsp3) is 0.643. The molecule has 2 aliphatic rings. The van der Waals surface area contributed by atoms with Gasteiger partial charge in [0, 0.05) is 31.0 Å². The third kappa shape index (κ3) is 1.78. The van der Waals surface area contributed by atoms with Crippen molar-refractivity contribution in [2.45, 2.75) is 44.7 Å². The van der Waals surface area contributed by atoms with E-state index >= 15 is 0 Å². The van der Waals surface area contributed by atoms with Gasteiger partial charge in [-0.3, -0.25) is 4.40 Å². The minimum Gasteiger partial charge on any atom is -0.349 e. The molecule has 6 nitrogen and oxygen atoms in total. The zero-order valence-corrected chi connectivity index (χ0v) is 11.8. The molecule has 106 valence electrons. The molecule has 2 unspecified atom stereocenters. The number of hydrogen-bond donors (Lipinski definition) is 1. The van der Waals surface area contributed by atoms with Crippen molar-refractivity contribution in [2.75, 3.05) is 18.0 Å². The Morgan fingerprint density at radius 3 is 3.05 bits per heavy atom. The second kappa shape index (κ2) is 4.70. The summed E-state index contributed by atoms with van der Waals surface area (Å²) < 4.78 is 2.03. The van der Waals surface area contributed by atoms with E-state index in [0.29, 0.717) is 12.1 Å². The number of nitrogens with zero attached hydrogens (tertiary/aromatic N) is 5.